The Hall–Kier alpha value is -0.120. The van der Waals surface area contributed by atoms with Gasteiger partial charge < -0.3 is 9.84 Å². The molecule has 2 unspecified atom stereocenters. The van der Waals surface area contributed by atoms with Crippen molar-refractivity contribution in [3.63, 3.8) is 0 Å². The zero-order valence-corrected chi connectivity index (χ0v) is 10.1. The van der Waals surface area contributed by atoms with Gasteiger partial charge in [-0.1, -0.05) is 0 Å². The number of fused-ring (bicyclic) bond motifs is 1. The van der Waals surface area contributed by atoms with E-state index < -0.39 is 0 Å². The van der Waals surface area contributed by atoms with Gasteiger partial charge in [0, 0.05) is 12.1 Å². The summed E-state index contributed by atoms with van der Waals surface area (Å²) in [4.78, 5) is 2.42. The summed E-state index contributed by atoms with van der Waals surface area (Å²) in [6, 6.07) is 0. The summed E-state index contributed by atoms with van der Waals surface area (Å²) in [6.45, 7) is 8.71. The minimum atomic E-state index is -0.0684. The van der Waals surface area contributed by atoms with E-state index in [1.807, 2.05) is 0 Å². The van der Waals surface area contributed by atoms with Gasteiger partial charge in [-0.2, -0.15) is 0 Å². The van der Waals surface area contributed by atoms with Gasteiger partial charge in [0.1, 0.15) is 0 Å². The monoisotopic (exact) mass is 213 g/mol. The van der Waals surface area contributed by atoms with Crippen molar-refractivity contribution in [3.8, 4) is 0 Å². The Labute approximate surface area is 92.4 Å². The maximum Gasteiger partial charge on any atom is 0.0727 e. The Bertz CT molecular complexity index is 236. The predicted molar refractivity (Wildman–Crippen MR) is 59.9 cm³/mol. The average molecular weight is 213 g/mol. The van der Waals surface area contributed by atoms with Crippen LogP contribution in [0.2, 0.25) is 0 Å². The van der Waals surface area contributed by atoms with Crippen molar-refractivity contribution >= 4 is 0 Å². The van der Waals surface area contributed by atoms with Crippen LogP contribution >= 0.6 is 0 Å². The minimum absolute atomic E-state index is 0.0515. The van der Waals surface area contributed by atoms with E-state index in [9.17, 15) is 5.11 Å². The number of ether oxygens (including phenoxy) is 1. The fourth-order valence-corrected chi connectivity index (χ4v) is 3.07. The van der Waals surface area contributed by atoms with Gasteiger partial charge in [-0.25, -0.2) is 0 Å². The van der Waals surface area contributed by atoms with Crippen LogP contribution in [0.3, 0.4) is 0 Å². The lowest BCUT2D eigenvalue weighted by Crippen LogP contribution is -2.41. The van der Waals surface area contributed by atoms with E-state index in [1.54, 1.807) is 0 Å². The first-order valence-electron chi connectivity index (χ1n) is 5.99. The van der Waals surface area contributed by atoms with Crippen molar-refractivity contribution in [3.05, 3.63) is 0 Å². The molecule has 0 bridgehead atoms. The predicted octanol–water partition coefficient (Wildman–Crippen LogP) is 1.40. The fraction of sp³-hybridized carbons (Fsp3) is 1.00. The molecule has 2 atom stereocenters. The molecular formula is C12H23NO2. The van der Waals surface area contributed by atoms with E-state index >= 15 is 0 Å². The molecule has 88 valence electrons. The van der Waals surface area contributed by atoms with Gasteiger partial charge in [0.25, 0.3) is 0 Å². The maximum atomic E-state index is 9.55. The highest BCUT2D eigenvalue weighted by Gasteiger charge is 2.48. The first kappa shape index (κ1) is 11.4. The molecule has 2 saturated heterocycles. The number of hydrogen-bond acceptors (Lipinski definition) is 3. The Morgan fingerprint density at radius 3 is 2.73 bits per heavy atom. The van der Waals surface area contributed by atoms with Crippen molar-refractivity contribution in [2.24, 2.45) is 0 Å². The van der Waals surface area contributed by atoms with E-state index in [1.165, 1.54) is 6.42 Å². The van der Waals surface area contributed by atoms with Gasteiger partial charge in [-0.3, -0.25) is 4.90 Å². The summed E-state index contributed by atoms with van der Waals surface area (Å²) in [6.07, 6.45) is 3.66. The standard InChI is InChI=1S/C12H23NO2/c1-11(2,3)15-10-7-12(9-14)5-4-6-13(12)8-10/h10,14H,4-9H2,1-3H3. The summed E-state index contributed by atoms with van der Waals surface area (Å²) in [5.41, 5.74) is -0.0169. The lowest BCUT2D eigenvalue weighted by atomic mass is 9.94. The summed E-state index contributed by atoms with van der Waals surface area (Å²) < 4.78 is 6.01. The van der Waals surface area contributed by atoms with E-state index in [0.29, 0.717) is 6.10 Å². The topological polar surface area (TPSA) is 32.7 Å². The number of nitrogens with zero attached hydrogens (tertiary/aromatic N) is 1. The van der Waals surface area contributed by atoms with E-state index in [4.69, 9.17) is 4.74 Å². The summed E-state index contributed by atoms with van der Waals surface area (Å²) in [7, 11) is 0. The van der Waals surface area contributed by atoms with Crippen LogP contribution < -0.4 is 0 Å². The second kappa shape index (κ2) is 3.72. The van der Waals surface area contributed by atoms with Gasteiger partial charge in [0.2, 0.25) is 0 Å². The summed E-state index contributed by atoms with van der Waals surface area (Å²) in [5, 5.41) is 9.55. The van der Waals surface area contributed by atoms with Gasteiger partial charge in [0.05, 0.1) is 18.3 Å². The quantitative estimate of drug-likeness (QED) is 0.752. The molecule has 0 aromatic heterocycles. The zero-order chi connectivity index (χ0) is 11.1. The van der Waals surface area contributed by atoms with Crippen molar-refractivity contribution in [2.75, 3.05) is 19.7 Å². The van der Waals surface area contributed by atoms with Crippen molar-refractivity contribution in [2.45, 2.75) is 57.3 Å². The number of rotatable bonds is 2. The molecule has 3 nitrogen and oxygen atoms in total. The molecule has 0 aromatic rings. The Morgan fingerprint density at radius 2 is 2.20 bits per heavy atom. The molecule has 3 heteroatoms. The normalized spacial score (nSPS) is 37.2. The Balaban J connectivity index is 1.99. The number of aliphatic hydroxyl groups excluding tert-OH is 1. The summed E-state index contributed by atoms with van der Waals surface area (Å²) >= 11 is 0. The third-order valence-electron chi connectivity index (χ3n) is 3.59. The second-order valence-corrected chi connectivity index (χ2v) is 5.99. The molecule has 0 aliphatic carbocycles. The van der Waals surface area contributed by atoms with Crippen LogP contribution in [0.5, 0.6) is 0 Å². The molecule has 1 N–H and O–H groups in total. The van der Waals surface area contributed by atoms with Crippen molar-refractivity contribution in [1.29, 1.82) is 0 Å². The first-order chi connectivity index (χ1) is 6.95. The van der Waals surface area contributed by atoms with Crippen LogP contribution in [0, 0.1) is 0 Å². The third kappa shape index (κ3) is 2.19. The van der Waals surface area contributed by atoms with E-state index in [2.05, 4.69) is 25.7 Å². The van der Waals surface area contributed by atoms with Crippen LogP contribution in [0.4, 0.5) is 0 Å². The Kier molecular flexibility index (Phi) is 2.82. The van der Waals surface area contributed by atoms with Gasteiger partial charge in [-0.15, -0.1) is 0 Å². The second-order valence-electron chi connectivity index (χ2n) is 5.99. The third-order valence-corrected chi connectivity index (χ3v) is 3.59. The molecule has 0 radical (unpaired) electrons. The molecule has 2 heterocycles. The average Bonchev–Trinajstić information content (AvgIpc) is 2.57. The molecular weight excluding hydrogens is 190 g/mol. The van der Waals surface area contributed by atoms with Crippen LogP contribution in [-0.4, -0.2) is 46.9 Å². The van der Waals surface area contributed by atoms with Crippen molar-refractivity contribution < 1.29 is 9.84 Å². The molecule has 0 spiro atoms. The number of hydrogen-bond donors (Lipinski definition) is 1. The van der Waals surface area contributed by atoms with Gasteiger partial charge in [0.15, 0.2) is 0 Å². The molecule has 0 saturated carbocycles. The molecule has 2 aliphatic rings. The van der Waals surface area contributed by atoms with E-state index in [-0.39, 0.29) is 17.7 Å². The highest BCUT2D eigenvalue weighted by Crippen LogP contribution is 2.40. The Morgan fingerprint density at radius 1 is 1.47 bits per heavy atom. The first-order valence-corrected chi connectivity index (χ1v) is 5.99. The molecule has 0 amide bonds. The van der Waals surface area contributed by atoms with Crippen LogP contribution in [-0.2, 0) is 4.74 Å². The maximum absolute atomic E-state index is 9.55. The van der Waals surface area contributed by atoms with Gasteiger partial charge >= 0.3 is 0 Å². The summed E-state index contributed by atoms with van der Waals surface area (Å²) in [5.74, 6) is 0. The molecule has 2 fully saturated rings. The molecule has 15 heavy (non-hydrogen) atoms. The largest absolute Gasteiger partial charge is 0.394 e. The molecule has 2 aliphatic heterocycles. The smallest absolute Gasteiger partial charge is 0.0727 e. The van der Waals surface area contributed by atoms with Crippen LogP contribution in [0.1, 0.15) is 40.0 Å². The van der Waals surface area contributed by atoms with E-state index in [0.717, 1.165) is 25.9 Å². The highest BCUT2D eigenvalue weighted by molar-refractivity contribution is 5.03. The molecule has 0 aromatic carbocycles. The van der Waals surface area contributed by atoms with Gasteiger partial charge in [-0.05, 0) is 46.6 Å². The SMILES string of the molecule is CC(C)(C)OC1CN2CCCC2(CO)C1. The minimum Gasteiger partial charge on any atom is -0.394 e. The fourth-order valence-electron chi connectivity index (χ4n) is 3.07. The zero-order valence-electron chi connectivity index (χ0n) is 10.1. The van der Waals surface area contributed by atoms with Crippen LogP contribution in [0.25, 0.3) is 0 Å². The lowest BCUT2D eigenvalue weighted by Gasteiger charge is -2.29. The highest BCUT2D eigenvalue weighted by atomic mass is 16.5. The van der Waals surface area contributed by atoms with Crippen LogP contribution in [0.15, 0.2) is 0 Å². The lowest BCUT2D eigenvalue weighted by molar-refractivity contribution is -0.0556. The van der Waals surface area contributed by atoms with Crippen molar-refractivity contribution in [1.82, 2.24) is 4.90 Å². The number of aliphatic hydroxyl groups is 1. The molecule has 2 rings (SSSR count).